The molecule has 0 unspecified atom stereocenters. The number of methoxy groups -OCH3 is 1. The summed E-state index contributed by atoms with van der Waals surface area (Å²) in [4.78, 5) is 19.9. The Morgan fingerprint density at radius 1 is 1.45 bits per heavy atom. The van der Waals surface area contributed by atoms with Crippen LogP contribution in [0, 0.1) is 18.3 Å². The number of aryl methyl sites for hydroxylation is 1. The highest BCUT2D eigenvalue weighted by Crippen LogP contribution is 2.23. The van der Waals surface area contributed by atoms with E-state index in [9.17, 15) is 4.79 Å². The van der Waals surface area contributed by atoms with E-state index in [0.717, 1.165) is 5.56 Å². The number of ether oxygens (including phenoxy) is 1. The van der Waals surface area contributed by atoms with Gasteiger partial charge in [0, 0.05) is 5.75 Å². The fourth-order valence-corrected chi connectivity index (χ4v) is 2.66. The van der Waals surface area contributed by atoms with Gasteiger partial charge in [0.1, 0.15) is 17.5 Å². The normalized spacial score (nSPS) is 10.0. The third-order valence-corrected chi connectivity index (χ3v) is 3.84. The molecular weight excluding hydrogens is 300 g/mol. The molecule has 1 heterocycles. The zero-order valence-electron chi connectivity index (χ0n) is 12.2. The summed E-state index contributed by atoms with van der Waals surface area (Å²) in [6.45, 7) is 1.72. The van der Waals surface area contributed by atoms with Crippen LogP contribution in [0.4, 0.5) is 5.82 Å². The number of nitrogens with zero attached hydrogens (tertiary/aromatic N) is 3. The van der Waals surface area contributed by atoms with Gasteiger partial charge in [-0.05, 0) is 24.6 Å². The number of anilines is 1. The zero-order chi connectivity index (χ0) is 16.1. The van der Waals surface area contributed by atoms with Crippen molar-refractivity contribution in [3.63, 3.8) is 0 Å². The molecule has 1 aromatic heterocycles. The maximum absolute atomic E-state index is 11.5. The minimum absolute atomic E-state index is 0.181. The smallest absolute Gasteiger partial charge is 0.337 e. The number of nitrogens with two attached hydrogens (primary N) is 1. The molecule has 0 saturated heterocycles. The van der Waals surface area contributed by atoms with Crippen LogP contribution in [0.15, 0.2) is 29.4 Å². The number of hydrogen-bond acceptors (Lipinski definition) is 7. The van der Waals surface area contributed by atoms with Gasteiger partial charge in [-0.25, -0.2) is 14.8 Å². The first-order valence-corrected chi connectivity index (χ1v) is 7.38. The van der Waals surface area contributed by atoms with Crippen LogP contribution in [-0.2, 0) is 10.5 Å². The monoisotopic (exact) mass is 314 g/mol. The molecule has 0 aliphatic carbocycles. The lowest BCUT2D eigenvalue weighted by atomic mass is 10.1. The quantitative estimate of drug-likeness (QED) is 0.525. The van der Waals surface area contributed by atoms with Crippen molar-refractivity contribution < 1.29 is 9.53 Å². The third kappa shape index (κ3) is 3.54. The van der Waals surface area contributed by atoms with Crippen LogP contribution in [0.3, 0.4) is 0 Å². The molecule has 0 atom stereocenters. The summed E-state index contributed by atoms with van der Waals surface area (Å²) in [5, 5.41) is 9.44. The third-order valence-electron chi connectivity index (χ3n) is 2.93. The Balaban J connectivity index is 2.14. The molecule has 1 aromatic carbocycles. The van der Waals surface area contributed by atoms with Crippen LogP contribution in [0.2, 0.25) is 0 Å². The lowest BCUT2D eigenvalue weighted by Crippen LogP contribution is -2.03. The van der Waals surface area contributed by atoms with Gasteiger partial charge >= 0.3 is 5.97 Å². The lowest BCUT2D eigenvalue weighted by molar-refractivity contribution is 0.0600. The second-order valence-electron chi connectivity index (χ2n) is 4.44. The number of hydrogen-bond donors (Lipinski definition) is 1. The van der Waals surface area contributed by atoms with Crippen molar-refractivity contribution in [2.24, 2.45) is 0 Å². The molecule has 2 rings (SSSR count). The summed E-state index contributed by atoms with van der Waals surface area (Å²) in [5.41, 5.74) is 8.03. The predicted molar refractivity (Wildman–Crippen MR) is 83.2 cm³/mol. The van der Waals surface area contributed by atoms with E-state index in [1.54, 1.807) is 25.1 Å². The van der Waals surface area contributed by atoms with Gasteiger partial charge in [-0.1, -0.05) is 23.9 Å². The van der Waals surface area contributed by atoms with Crippen LogP contribution < -0.4 is 5.73 Å². The topological polar surface area (TPSA) is 102 Å². The van der Waals surface area contributed by atoms with E-state index in [-0.39, 0.29) is 11.8 Å². The van der Waals surface area contributed by atoms with Gasteiger partial charge in [0.25, 0.3) is 0 Å². The average molecular weight is 314 g/mol. The molecule has 0 fully saturated rings. The molecular formula is C15H14N4O2S. The van der Waals surface area contributed by atoms with E-state index in [1.807, 2.05) is 12.1 Å². The highest BCUT2D eigenvalue weighted by atomic mass is 32.2. The number of esters is 1. The molecule has 0 radical (unpaired) electrons. The van der Waals surface area contributed by atoms with E-state index in [2.05, 4.69) is 9.97 Å². The highest BCUT2D eigenvalue weighted by molar-refractivity contribution is 7.98. The van der Waals surface area contributed by atoms with Crippen molar-refractivity contribution in [2.45, 2.75) is 17.8 Å². The Hall–Kier alpha value is -2.59. The van der Waals surface area contributed by atoms with Crippen LogP contribution >= 0.6 is 11.8 Å². The van der Waals surface area contributed by atoms with Crippen molar-refractivity contribution in [1.29, 1.82) is 5.26 Å². The molecule has 7 heteroatoms. The van der Waals surface area contributed by atoms with Gasteiger partial charge in [0.15, 0.2) is 5.16 Å². The molecule has 2 N–H and O–H groups in total. The number of rotatable bonds is 4. The van der Waals surface area contributed by atoms with Crippen LogP contribution in [-0.4, -0.2) is 23.0 Å². The van der Waals surface area contributed by atoms with Crippen molar-refractivity contribution >= 4 is 23.5 Å². The lowest BCUT2D eigenvalue weighted by Gasteiger charge is -2.06. The molecule has 112 valence electrons. The van der Waals surface area contributed by atoms with Gasteiger partial charge in [0.05, 0.1) is 18.4 Å². The fraction of sp³-hybridized carbons (Fsp3) is 0.200. The first-order valence-electron chi connectivity index (χ1n) is 6.39. The summed E-state index contributed by atoms with van der Waals surface area (Å²) in [5.74, 6) is 0.387. The number of thioether (sulfide) groups is 1. The van der Waals surface area contributed by atoms with Gasteiger partial charge in [-0.15, -0.1) is 0 Å². The maximum Gasteiger partial charge on any atom is 0.337 e. The minimum atomic E-state index is -0.374. The maximum atomic E-state index is 11.5. The number of benzene rings is 1. The zero-order valence-corrected chi connectivity index (χ0v) is 13.0. The molecule has 0 saturated carbocycles. The SMILES string of the molecule is COC(=O)c1cccc(CSc2nc(C)c(C#N)c(N)n2)c1. The second kappa shape index (κ2) is 6.91. The number of carbonyl (C=O) groups is 1. The van der Waals surface area contributed by atoms with E-state index in [4.69, 9.17) is 15.7 Å². The standard InChI is InChI=1S/C15H14N4O2S/c1-9-12(7-16)13(17)19-15(18-9)22-8-10-4-3-5-11(6-10)14(20)21-2/h3-6H,8H2,1-2H3,(H2,17,18,19). The van der Waals surface area contributed by atoms with Crippen molar-refractivity contribution in [1.82, 2.24) is 9.97 Å². The average Bonchev–Trinajstić information content (AvgIpc) is 2.52. The Morgan fingerprint density at radius 2 is 2.23 bits per heavy atom. The van der Waals surface area contributed by atoms with Crippen molar-refractivity contribution in [2.75, 3.05) is 12.8 Å². The summed E-state index contributed by atoms with van der Waals surface area (Å²) >= 11 is 1.39. The van der Waals surface area contributed by atoms with Gasteiger partial charge < -0.3 is 10.5 Å². The van der Waals surface area contributed by atoms with Crippen LogP contribution in [0.1, 0.15) is 27.2 Å². The molecule has 0 spiro atoms. The fourth-order valence-electron chi connectivity index (χ4n) is 1.83. The van der Waals surface area contributed by atoms with Gasteiger partial charge in [-0.3, -0.25) is 0 Å². The summed E-state index contributed by atoms with van der Waals surface area (Å²) in [6, 6.07) is 9.13. The molecule has 0 aliphatic rings. The van der Waals surface area contributed by atoms with E-state index < -0.39 is 0 Å². The van der Waals surface area contributed by atoms with Crippen molar-refractivity contribution in [3.05, 3.63) is 46.6 Å². The molecule has 0 aliphatic heterocycles. The van der Waals surface area contributed by atoms with Crippen LogP contribution in [0.25, 0.3) is 0 Å². The number of nitriles is 1. The number of nitrogen functional groups attached to an aromatic ring is 1. The predicted octanol–water partition coefficient (Wildman–Crippen LogP) is 2.32. The summed E-state index contributed by atoms with van der Waals surface area (Å²) < 4.78 is 4.69. The highest BCUT2D eigenvalue weighted by Gasteiger charge is 2.10. The molecule has 0 bridgehead atoms. The van der Waals surface area contributed by atoms with E-state index in [1.165, 1.54) is 18.9 Å². The Labute approximate surface area is 132 Å². The Kier molecular flexibility index (Phi) is 4.96. The van der Waals surface area contributed by atoms with Gasteiger partial charge in [-0.2, -0.15) is 5.26 Å². The second-order valence-corrected chi connectivity index (χ2v) is 5.39. The molecule has 2 aromatic rings. The van der Waals surface area contributed by atoms with Crippen LogP contribution in [0.5, 0.6) is 0 Å². The van der Waals surface area contributed by atoms with E-state index >= 15 is 0 Å². The van der Waals surface area contributed by atoms with E-state index in [0.29, 0.717) is 27.7 Å². The molecule has 0 amide bonds. The molecule has 6 nitrogen and oxygen atoms in total. The van der Waals surface area contributed by atoms with Gasteiger partial charge in [0.2, 0.25) is 0 Å². The minimum Gasteiger partial charge on any atom is -0.465 e. The summed E-state index contributed by atoms with van der Waals surface area (Å²) in [7, 11) is 1.35. The number of carbonyl (C=O) groups excluding carboxylic acids is 1. The Morgan fingerprint density at radius 3 is 2.86 bits per heavy atom. The first kappa shape index (κ1) is 15.8. The summed E-state index contributed by atoms with van der Waals surface area (Å²) in [6.07, 6.45) is 0. The van der Waals surface area contributed by atoms with Crippen molar-refractivity contribution in [3.8, 4) is 6.07 Å². The largest absolute Gasteiger partial charge is 0.465 e. The number of aromatic nitrogens is 2. The molecule has 22 heavy (non-hydrogen) atoms. The first-order chi connectivity index (χ1) is 10.5. The Bertz CT molecular complexity index is 732.